The lowest BCUT2D eigenvalue weighted by Crippen LogP contribution is -2.22. The highest BCUT2D eigenvalue weighted by Gasteiger charge is 2.28. The molecule has 0 saturated heterocycles. The van der Waals surface area contributed by atoms with Crippen molar-refractivity contribution < 1.29 is 0 Å². The fourth-order valence-electron chi connectivity index (χ4n) is 2.89. The summed E-state index contributed by atoms with van der Waals surface area (Å²) in [7, 11) is 0. The number of nitrogens with one attached hydrogen (secondary N) is 1. The molecule has 1 N–H and O–H groups in total. The molecule has 18 heavy (non-hydrogen) atoms. The SMILES string of the molecule is c1ccc(NC2CCCC2c2ccncc2)cc1. The van der Waals surface area contributed by atoms with E-state index < -0.39 is 0 Å². The number of rotatable bonds is 3. The lowest BCUT2D eigenvalue weighted by Gasteiger charge is -2.22. The average Bonchev–Trinajstić information content (AvgIpc) is 2.89. The first kappa shape index (κ1) is 11.3. The first-order valence-electron chi connectivity index (χ1n) is 6.65. The third-order valence-electron chi connectivity index (χ3n) is 3.78. The second-order valence-corrected chi connectivity index (χ2v) is 4.93. The van der Waals surface area contributed by atoms with Gasteiger partial charge in [-0.05, 0) is 42.7 Å². The zero-order valence-corrected chi connectivity index (χ0v) is 10.4. The Morgan fingerprint density at radius 3 is 2.50 bits per heavy atom. The minimum absolute atomic E-state index is 0.551. The topological polar surface area (TPSA) is 24.9 Å². The van der Waals surface area contributed by atoms with Crippen molar-refractivity contribution in [2.45, 2.75) is 31.2 Å². The number of hydrogen-bond acceptors (Lipinski definition) is 2. The number of benzene rings is 1. The predicted octanol–water partition coefficient (Wildman–Crippen LogP) is 3.83. The summed E-state index contributed by atoms with van der Waals surface area (Å²) in [5.41, 5.74) is 2.64. The zero-order chi connectivity index (χ0) is 12.2. The zero-order valence-electron chi connectivity index (χ0n) is 10.4. The fourth-order valence-corrected chi connectivity index (χ4v) is 2.89. The van der Waals surface area contributed by atoms with Crippen molar-refractivity contribution in [3.8, 4) is 0 Å². The van der Waals surface area contributed by atoms with Crippen molar-refractivity contribution in [2.75, 3.05) is 5.32 Å². The van der Waals surface area contributed by atoms with Crippen LogP contribution in [0.3, 0.4) is 0 Å². The number of hydrogen-bond donors (Lipinski definition) is 1. The van der Waals surface area contributed by atoms with Crippen LogP contribution in [0.2, 0.25) is 0 Å². The van der Waals surface area contributed by atoms with Crippen LogP contribution in [0.1, 0.15) is 30.7 Å². The first-order chi connectivity index (χ1) is 8.93. The molecular formula is C16H18N2. The lowest BCUT2D eigenvalue weighted by atomic mass is 9.95. The van der Waals surface area contributed by atoms with Gasteiger partial charge in [0.2, 0.25) is 0 Å². The first-order valence-corrected chi connectivity index (χ1v) is 6.65. The van der Waals surface area contributed by atoms with E-state index in [1.807, 2.05) is 12.4 Å². The Bertz CT molecular complexity index is 481. The van der Waals surface area contributed by atoms with Crippen molar-refractivity contribution in [3.05, 3.63) is 60.4 Å². The van der Waals surface area contributed by atoms with Crippen molar-refractivity contribution in [1.82, 2.24) is 4.98 Å². The predicted molar refractivity (Wildman–Crippen MR) is 74.7 cm³/mol. The second kappa shape index (κ2) is 5.21. The molecule has 2 aromatic rings. The quantitative estimate of drug-likeness (QED) is 0.879. The molecule has 1 fully saturated rings. The summed E-state index contributed by atoms with van der Waals surface area (Å²) >= 11 is 0. The highest BCUT2D eigenvalue weighted by molar-refractivity contribution is 5.44. The summed E-state index contributed by atoms with van der Waals surface area (Å²) in [5.74, 6) is 0.619. The normalized spacial score (nSPS) is 22.9. The van der Waals surface area contributed by atoms with Crippen molar-refractivity contribution in [2.24, 2.45) is 0 Å². The van der Waals surface area contributed by atoms with E-state index in [-0.39, 0.29) is 0 Å². The Hall–Kier alpha value is -1.83. The molecule has 0 radical (unpaired) electrons. The van der Waals surface area contributed by atoms with Crippen LogP contribution in [0, 0.1) is 0 Å². The van der Waals surface area contributed by atoms with E-state index in [0.717, 1.165) is 0 Å². The third-order valence-corrected chi connectivity index (χ3v) is 3.78. The Kier molecular flexibility index (Phi) is 3.26. The number of pyridine rings is 1. The maximum atomic E-state index is 4.11. The van der Waals surface area contributed by atoms with E-state index in [2.05, 4.69) is 52.8 Å². The monoisotopic (exact) mass is 238 g/mol. The van der Waals surface area contributed by atoms with Gasteiger partial charge < -0.3 is 5.32 Å². The van der Waals surface area contributed by atoms with Crippen LogP contribution in [0.4, 0.5) is 5.69 Å². The van der Waals surface area contributed by atoms with Crippen LogP contribution in [-0.4, -0.2) is 11.0 Å². The van der Waals surface area contributed by atoms with E-state index >= 15 is 0 Å². The molecule has 1 heterocycles. The van der Waals surface area contributed by atoms with Gasteiger partial charge in [-0.15, -0.1) is 0 Å². The summed E-state index contributed by atoms with van der Waals surface area (Å²) in [5, 5.41) is 3.67. The maximum absolute atomic E-state index is 4.11. The second-order valence-electron chi connectivity index (χ2n) is 4.93. The number of anilines is 1. The van der Waals surface area contributed by atoms with Gasteiger partial charge in [-0.25, -0.2) is 0 Å². The van der Waals surface area contributed by atoms with Gasteiger partial charge in [-0.2, -0.15) is 0 Å². The molecule has 2 heteroatoms. The van der Waals surface area contributed by atoms with Crippen molar-refractivity contribution in [3.63, 3.8) is 0 Å². The standard InChI is InChI=1S/C16H18N2/c1-2-5-14(6-3-1)18-16-8-4-7-15(16)13-9-11-17-12-10-13/h1-3,5-6,9-12,15-16,18H,4,7-8H2. The molecule has 2 unspecified atom stereocenters. The average molecular weight is 238 g/mol. The number of nitrogens with zero attached hydrogens (tertiary/aromatic N) is 1. The summed E-state index contributed by atoms with van der Waals surface area (Å²) in [6.07, 6.45) is 7.62. The third kappa shape index (κ3) is 2.37. The Morgan fingerprint density at radius 1 is 0.944 bits per heavy atom. The van der Waals surface area contributed by atoms with Crippen LogP contribution in [0.25, 0.3) is 0 Å². The molecule has 1 aromatic heterocycles. The van der Waals surface area contributed by atoms with Gasteiger partial charge in [0, 0.05) is 30.0 Å². The van der Waals surface area contributed by atoms with E-state index in [4.69, 9.17) is 0 Å². The molecule has 0 amide bonds. The van der Waals surface area contributed by atoms with Gasteiger partial charge in [0.15, 0.2) is 0 Å². The lowest BCUT2D eigenvalue weighted by molar-refractivity contribution is 0.649. The Morgan fingerprint density at radius 2 is 1.72 bits per heavy atom. The molecule has 2 atom stereocenters. The largest absolute Gasteiger partial charge is 0.382 e. The summed E-state index contributed by atoms with van der Waals surface area (Å²) in [4.78, 5) is 4.11. The van der Waals surface area contributed by atoms with Crippen molar-refractivity contribution in [1.29, 1.82) is 0 Å². The van der Waals surface area contributed by atoms with Gasteiger partial charge >= 0.3 is 0 Å². The summed E-state index contributed by atoms with van der Waals surface area (Å²) in [6, 6.07) is 15.3. The molecule has 1 aromatic carbocycles. The van der Waals surface area contributed by atoms with Crippen LogP contribution in [0.15, 0.2) is 54.9 Å². The van der Waals surface area contributed by atoms with Gasteiger partial charge in [-0.1, -0.05) is 24.6 Å². The molecule has 1 aliphatic rings. The summed E-state index contributed by atoms with van der Waals surface area (Å²) in [6.45, 7) is 0. The van der Waals surface area contributed by atoms with Gasteiger partial charge in [0.1, 0.15) is 0 Å². The molecule has 0 aliphatic heterocycles. The summed E-state index contributed by atoms with van der Waals surface area (Å²) < 4.78 is 0. The van der Waals surface area contributed by atoms with Crippen LogP contribution in [0.5, 0.6) is 0 Å². The number of para-hydroxylation sites is 1. The minimum Gasteiger partial charge on any atom is -0.382 e. The van der Waals surface area contributed by atoms with Crippen LogP contribution < -0.4 is 5.32 Å². The van der Waals surface area contributed by atoms with Gasteiger partial charge in [-0.3, -0.25) is 4.98 Å². The molecule has 1 saturated carbocycles. The molecular weight excluding hydrogens is 220 g/mol. The Balaban J connectivity index is 1.76. The van der Waals surface area contributed by atoms with Crippen LogP contribution in [-0.2, 0) is 0 Å². The van der Waals surface area contributed by atoms with E-state index in [0.29, 0.717) is 12.0 Å². The van der Waals surface area contributed by atoms with Gasteiger partial charge in [0.25, 0.3) is 0 Å². The van der Waals surface area contributed by atoms with E-state index in [1.54, 1.807) is 0 Å². The maximum Gasteiger partial charge on any atom is 0.0342 e. The molecule has 0 spiro atoms. The highest BCUT2D eigenvalue weighted by atomic mass is 14.9. The minimum atomic E-state index is 0.551. The molecule has 92 valence electrons. The molecule has 2 nitrogen and oxygen atoms in total. The van der Waals surface area contributed by atoms with Crippen molar-refractivity contribution >= 4 is 5.69 Å². The smallest absolute Gasteiger partial charge is 0.0342 e. The Labute approximate surface area is 108 Å². The highest BCUT2D eigenvalue weighted by Crippen LogP contribution is 2.36. The van der Waals surface area contributed by atoms with E-state index in [1.165, 1.54) is 30.5 Å². The van der Waals surface area contributed by atoms with E-state index in [9.17, 15) is 0 Å². The van der Waals surface area contributed by atoms with Crippen LogP contribution >= 0.6 is 0 Å². The molecule has 3 rings (SSSR count). The number of aromatic nitrogens is 1. The van der Waals surface area contributed by atoms with Gasteiger partial charge in [0.05, 0.1) is 0 Å². The molecule has 0 bridgehead atoms. The molecule has 1 aliphatic carbocycles. The fraction of sp³-hybridized carbons (Fsp3) is 0.312.